The van der Waals surface area contributed by atoms with Gasteiger partial charge in [0.1, 0.15) is 0 Å². The molecule has 2 aliphatic rings. The first-order valence-electron chi connectivity index (χ1n) is 8.49. The van der Waals surface area contributed by atoms with E-state index in [0.29, 0.717) is 5.92 Å². The highest BCUT2D eigenvalue weighted by Gasteiger charge is 2.21. The molecule has 2 aromatic rings. The van der Waals surface area contributed by atoms with Gasteiger partial charge in [0.05, 0.1) is 24.2 Å². The third-order valence-electron chi connectivity index (χ3n) is 5.01. The highest BCUT2D eigenvalue weighted by molar-refractivity contribution is 5.83. The Kier molecular flexibility index (Phi) is 3.94. The number of fused-ring (bicyclic) bond motifs is 1. The van der Waals surface area contributed by atoms with Crippen molar-refractivity contribution in [3.05, 3.63) is 30.1 Å². The summed E-state index contributed by atoms with van der Waals surface area (Å²) in [5, 5.41) is 0. The van der Waals surface area contributed by atoms with E-state index < -0.39 is 0 Å². The second kappa shape index (κ2) is 6.21. The van der Waals surface area contributed by atoms with Gasteiger partial charge in [0.25, 0.3) is 0 Å². The molecule has 0 bridgehead atoms. The van der Waals surface area contributed by atoms with Crippen molar-refractivity contribution in [3.63, 3.8) is 0 Å². The quantitative estimate of drug-likeness (QED) is 0.850. The van der Waals surface area contributed by atoms with Crippen molar-refractivity contribution >= 4 is 16.7 Å². The summed E-state index contributed by atoms with van der Waals surface area (Å²) >= 11 is 0. The first-order chi connectivity index (χ1) is 10.9. The van der Waals surface area contributed by atoms with Crippen LogP contribution in [-0.4, -0.2) is 36.3 Å². The van der Waals surface area contributed by atoms with E-state index in [-0.39, 0.29) is 0 Å². The van der Waals surface area contributed by atoms with Crippen LogP contribution < -0.4 is 4.90 Å². The molecule has 1 aliphatic carbocycles. The van der Waals surface area contributed by atoms with E-state index >= 15 is 0 Å². The number of anilines is 1. The summed E-state index contributed by atoms with van der Waals surface area (Å²) in [5.74, 6) is 0.647. The highest BCUT2D eigenvalue weighted by Crippen LogP contribution is 2.37. The fraction of sp³-hybridized carbons (Fsp3) is 0.556. The molecule has 1 aromatic carbocycles. The van der Waals surface area contributed by atoms with Crippen LogP contribution in [0, 0.1) is 0 Å². The molecule has 2 fully saturated rings. The molecule has 0 unspecified atom stereocenters. The SMILES string of the molecule is c1cnc2c(C3CCCCC3)cc(N3CCOCC3)cc2n1. The minimum absolute atomic E-state index is 0.647. The second-order valence-electron chi connectivity index (χ2n) is 6.39. The topological polar surface area (TPSA) is 38.2 Å². The molecule has 116 valence electrons. The Labute approximate surface area is 131 Å². The summed E-state index contributed by atoms with van der Waals surface area (Å²) in [6.45, 7) is 3.57. The molecule has 1 saturated carbocycles. The first kappa shape index (κ1) is 13.9. The van der Waals surface area contributed by atoms with Gasteiger partial charge in [-0.15, -0.1) is 0 Å². The van der Waals surface area contributed by atoms with Crippen molar-refractivity contribution in [2.24, 2.45) is 0 Å². The third-order valence-corrected chi connectivity index (χ3v) is 5.01. The first-order valence-corrected chi connectivity index (χ1v) is 8.49. The van der Waals surface area contributed by atoms with Crippen LogP contribution >= 0.6 is 0 Å². The van der Waals surface area contributed by atoms with Crippen LogP contribution in [0.5, 0.6) is 0 Å². The Hall–Kier alpha value is -1.68. The lowest BCUT2D eigenvalue weighted by Crippen LogP contribution is -2.36. The molecule has 4 rings (SSSR count). The summed E-state index contributed by atoms with van der Waals surface area (Å²) in [4.78, 5) is 11.6. The molecule has 1 saturated heterocycles. The molecule has 0 atom stereocenters. The molecular weight excluding hydrogens is 274 g/mol. The maximum Gasteiger partial charge on any atom is 0.0923 e. The summed E-state index contributed by atoms with van der Waals surface area (Å²) in [6.07, 6.45) is 10.3. The average Bonchev–Trinajstić information content (AvgIpc) is 2.62. The van der Waals surface area contributed by atoms with Crippen molar-refractivity contribution in [3.8, 4) is 0 Å². The minimum Gasteiger partial charge on any atom is -0.378 e. The Balaban J connectivity index is 1.78. The fourth-order valence-corrected chi connectivity index (χ4v) is 3.82. The Morgan fingerprint density at radius 1 is 0.955 bits per heavy atom. The Morgan fingerprint density at radius 3 is 2.55 bits per heavy atom. The monoisotopic (exact) mass is 297 g/mol. The molecule has 0 spiro atoms. The number of hydrogen-bond donors (Lipinski definition) is 0. The van der Waals surface area contributed by atoms with Gasteiger partial charge in [-0.1, -0.05) is 19.3 Å². The minimum atomic E-state index is 0.647. The zero-order valence-electron chi connectivity index (χ0n) is 13.0. The summed E-state index contributed by atoms with van der Waals surface area (Å²) in [5.41, 5.74) is 4.84. The van der Waals surface area contributed by atoms with Crippen LogP contribution in [0.4, 0.5) is 5.69 Å². The van der Waals surface area contributed by atoms with E-state index in [0.717, 1.165) is 37.3 Å². The number of rotatable bonds is 2. The van der Waals surface area contributed by atoms with Gasteiger partial charge < -0.3 is 9.64 Å². The lowest BCUT2D eigenvalue weighted by Gasteiger charge is -2.30. The molecular formula is C18H23N3O. The summed E-state index contributed by atoms with van der Waals surface area (Å²) < 4.78 is 5.49. The largest absolute Gasteiger partial charge is 0.378 e. The molecule has 22 heavy (non-hydrogen) atoms. The fourth-order valence-electron chi connectivity index (χ4n) is 3.82. The van der Waals surface area contributed by atoms with E-state index in [1.807, 2.05) is 6.20 Å². The smallest absolute Gasteiger partial charge is 0.0923 e. The van der Waals surface area contributed by atoms with E-state index in [4.69, 9.17) is 4.74 Å². The maximum atomic E-state index is 5.49. The van der Waals surface area contributed by atoms with Gasteiger partial charge in [-0.3, -0.25) is 9.97 Å². The van der Waals surface area contributed by atoms with E-state index in [1.54, 1.807) is 6.20 Å². The van der Waals surface area contributed by atoms with Crippen LogP contribution in [0.1, 0.15) is 43.6 Å². The van der Waals surface area contributed by atoms with Gasteiger partial charge in [0, 0.05) is 31.2 Å². The third kappa shape index (κ3) is 2.68. The number of benzene rings is 1. The van der Waals surface area contributed by atoms with Gasteiger partial charge in [0.2, 0.25) is 0 Å². The van der Waals surface area contributed by atoms with E-state index in [9.17, 15) is 0 Å². The second-order valence-corrected chi connectivity index (χ2v) is 6.39. The number of aromatic nitrogens is 2. The summed E-state index contributed by atoms with van der Waals surface area (Å²) in [6, 6.07) is 4.57. The van der Waals surface area contributed by atoms with Crippen LogP contribution in [0.3, 0.4) is 0 Å². The lowest BCUT2D eigenvalue weighted by molar-refractivity contribution is 0.122. The van der Waals surface area contributed by atoms with Crippen molar-refractivity contribution in [1.29, 1.82) is 0 Å². The molecule has 1 aliphatic heterocycles. The van der Waals surface area contributed by atoms with E-state index in [1.165, 1.54) is 43.4 Å². The Bertz CT molecular complexity index is 646. The van der Waals surface area contributed by atoms with Crippen molar-refractivity contribution in [2.45, 2.75) is 38.0 Å². The van der Waals surface area contributed by atoms with Gasteiger partial charge in [-0.25, -0.2) is 0 Å². The van der Waals surface area contributed by atoms with Gasteiger partial charge in [-0.05, 0) is 36.5 Å². The van der Waals surface area contributed by atoms with Gasteiger partial charge in [-0.2, -0.15) is 0 Å². The van der Waals surface area contributed by atoms with E-state index in [2.05, 4.69) is 27.0 Å². The molecule has 2 heterocycles. The highest BCUT2D eigenvalue weighted by atomic mass is 16.5. The maximum absolute atomic E-state index is 5.49. The predicted molar refractivity (Wildman–Crippen MR) is 88.4 cm³/mol. The zero-order chi connectivity index (χ0) is 14.8. The van der Waals surface area contributed by atoms with Crippen molar-refractivity contribution in [1.82, 2.24) is 9.97 Å². The molecule has 4 nitrogen and oxygen atoms in total. The standard InChI is InChI=1S/C18H23N3O/c1-2-4-14(5-3-1)16-12-15(21-8-10-22-11-9-21)13-17-18(16)20-7-6-19-17/h6-7,12-14H,1-5,8-11H2. The number of hydrogen-bond acceptors (Lipinski definition) is 4. The number of morpholine rings is 1. The van der Waals surface area contributed by atoms with Crippen molar-refractivity contribution < 1.29 is 4.74 Å². The lowest BCUT2D eigenvalue weighted by atomic mass is 9.83. The Morgan fingerprint density at radius 2 is 1.73 bits per heavy atom. The van der Waals surface area contributed by atoms with Gasteiger partial charge in [0.15, 0.2) is 0 Å². The molecule has 4 heteroatoms. The molecule has 1 aromatic heterocycles. The van der Waals surface area contributed by atoms with Crippen LogP contribution in [0.15, 0.2) is 24.5 Å². The van der Waals surface area contributed by atoms with Crippen LogP contribution in [0.2, 0.25) is 0 Å². The molecule has 0 amide bonds. The van der Waals surface area contributed by atoms with Gasteiger partial charge >= 0.3 is 0 Å². The zero-order valence-corrected chi connectivity index (χ0v) is 13.0. The normalized spacial score (nSPS) is 20.5. The molecule has 0 radical (unpaired) electrons. The van der Waals surface area contributed by atoms with Crippen LogP contribution in [-0.2, 0) is 4.74 Å². The predicted octanol–water partition coefficient (Wildman–Crippen LogP) is 3.51. The van der Waals surface area contributed by atoms with Crippen LogP contribution in [0.25, 0.3) is 11.0 Å². The molecule has 0 N–H and O–H groups in total. The summed E-state index contributed by atoms with van der Waals surface area (Å²) in [7, 11) is 0. The van der Waals surface area contributed by atoms with Crippen molar-refractivity contribution in [2.75, 3.05) is 31.2 Å². The average molecular weight is 297 g/mol. The number of ether oxygens (including phenoxy) is 1. The number of nitrogens with zero attached hydrogens (tertiary/aromatic N) is 3.